The van der Waals surface area contributed by atoms with E-state index in [1.165, 1.54) is 34.0 Å². The molecule has 2 aliphatic rings. The fourth-order valence-corrected chi connectivity index (χ4v) is 4.45. The molecular formula is C25H31FN4O5. The molecule has 35 heavy (non-hydrogen) atoms. The fourth-order valence-electron chi connectivity index (χ4n) is 4.45. The molecule has 0 radical (unpaired) electrons. The summed E-state index contributed by atoms with van der Waals surface area (Å²) in [6.07, 6.45) is 8.26. The van der Waals surface area contributed by atoms with Gasteiger partial charge in [0, 0.05) is 38.0 Å². The van der Waals surface area contributed by atoms with Gasteiger partial charge in [0.25, 0.3) is 11.8 Å². The van der Waals surface area contributed by atoms with Gasteiger partial charge in [0.2, 0.25) is 5.43 Å². The molecule has 1 aromatic heterocycles. The van der Waals surface area contributed by atoms with Crippen LogP contribution in [0, 0.1) is 5.82 Å². The zero-order valence-electron chi connectivity index (χ0n) is 19.9. The van der Waals surface area contributed by atoms with Crippen molar-refractivity contribution in [3.8, 4) is 11.5 Å². The average Bonchev–Trinajstić information content (AvgIpc) is 2.83. The average molecular weight is 487 g/mol. The van der Waals surface area contributed by atoms with Crippen molar-refractivity contribution in [3.05, 3.63) is 57.3 Å². The van der Waals surface area contributed by atoms with Crippen LogP contribution in [-0.4, -0.2) is 53.4 Å². The van der Waals surface area contributed by atoms with Gasteiger partial charge in [0.15, 0.2) is 11.4 Å². The van der Waals surface area contributed by atoms with Gasteiger partial charge in [-0.1, -0.05) is 38.2 Å². The predicted octanol–water partition coefficient (Wildman–Crippen LogP) is 2.73. The highest BCUT2D eigenvalue weighted by Gasteiger charge is 2.32. The second kappa shape index (κ2) is 10.8. The number of ether oxygens (including phenoxy) is 1. The van der Waals surface area contributed by atoms with E-state index in [2.05, 4.69) is 5.32 Å². The van der Waals surface area contributed by atoms with Gasteiger partial charge < -0.3 is 20.1 Å². The Bertz CT molecular complexity index is 1170. The van der Waals surface area contributed by atoms with Crippen molar-refractivity contribution in [1.82, 2.24) is 14.9 Å². The van der Waals surface area contributed by atoms with E-state index in [-0.39, 0.29) is 24.5 Å². The first kappa shape index (κ1) is 24.6. The van der Waals surface area contributed by atoms with E-state index in [1.54, 1.807) is 7.05 Å². The van der Waals surface area contributed by atoms with Crippen molar-refractivity contribution >= 4 is 11.8 Å². The van der Waals surface area contributed by atoms with Crippen LogP contribution in [0.2, 0.25) is 0 Å². The molecule has 188 valence electrons. The molecule has 0 aliphatic carbocycles. The third-order valence-corrected chi connectivity index (χ3v) is 6.43. The van der Waals surface area contributed by atoms with Crippen LogP contribution in [-0.2, 0) is 6.54 Å². The number of hydrogen-bond donors (Lipinski definition) is 2. The molecule has 2 amide bonds. The maximum absolute atomic E-state index is 13.8. The monoisotopic (exact) mass is 486 g/mol. The van der Waals surface area contributed by atoms with Crippen LogP contribution in [0.3, 0.4) is 0 Å². The van der Waals surface area contributed by atoms with Crippen LogP contribution in [0.1, 0.15) is 71.4 Å². The van der Waals surface area contributed by atoms with E-state index in [0.29, 0.717) is 24.5 Å². The van der Waals surface area contributed by atoms with Crippen LogP contribution >= 0.6 is 0 Å². The lowest BCUT2D eigenvalue weighted by molar-refractivity contribution is 0.0730. The smallest absolute Gasteiger partial charge is 0.277 e. The summed E-state index contributed by atoms with van der Waals surface area (Å²) < 4.78 is 21.0. The predicted molar refractivity (Wildman–Crippen MR) is 128 cm³/mol. The number of nitrogens with one attached hydrogen (secondary N) is 1. The number of nitrogens with zero attached hydrogens (tertiary/aromatic N) is 3. The van der Waals surface area contributed by atoms with Crippen LogP contribution in [0.25, 0.3) is 0 Å². The summed E-state index contributed by atoms with van der Waals surface area (Å²) in [5, 5.41) is 15.1. The number of pyridine rings is 1. The first-order chi connectivity index (χ1) is 16.9. The van der Waals surface area contributed by atoms with Gasteiger partial charge in [-0.15, -0.1) is 0 Å². The molecule has 0 unspecified atom stereocenters. The van der Waals surface area contributed by atoms with E-state index in [4.69, 9.17) is 4.74 Å². The minimum Gasteiger partial charge on any atom is -0.502 e. The summed E-state index contributed by atoms with van der Waals surface area (Å²) >= 11 is 0. The number of hydrogen-bond acceptors (Lipinski definition) is 6. The number of aromatic hydroxyl groups is 1. The Morgan fingerprint density at radius 3 is 2.51 bits per heavy atom. The molecule has 9 nitrogen and oxygen atoms in total. The number of rotatable bonds is 0. The SMILES string of the molecule is CN1CN2CCCCCCCCCOc3cc(F)ccc3CNC(=O)c3cn2c(c(O)c3=O)C1=O. The molecule has 2 aliphatic heterocycles. The minimum atomic E-state index is -0.918. The third-order valence-electron chi connectivity index (χ3n) is 6.43. The Balaban J connectivity index is 1.67. The van der Waals surface area contributed by atoms with E-state index < -0.39 is 28.8 Å². The first-order valence-corrected chi connectivity index (χ1v) is 12.1. The molecule has 10 heteroatoms. The van der Waals surface area contributed by atoms with Crippen LogP contribution in [0.4, 0.5) is 4.39 Å². The van der Waals surface area contributed by atoms with E-state index in [1.807, 2.05) is 5.01 Å². The highest BCUT2D eigenvalue weighted by Crippen LogP contribution is 2.23. The maximum Gasteiger partial charge on any atom is 0.277 e. The Kier molecular flexibility index (Phi) is 7.57. The highest BCUT2D eigenvalue weighted by molar-refractivity contribution is 5.99. The molecule has 2 N–H and O–H groups in total. The third kappa shape index (κ3) is 5.41. The van der Waals surface area contributed by atoms with Gasteiger partial charge in [0.05, 0.1) is 6.61 Å². The number of benzene rings is 1. The van der Waals surface area contributed by atoms with Gasteiger partial charge in [0.1, 0.15) is 23.8 Å². The number of halogens is 1. The second-order valence-corrected chi connectivity index (χ2v) is 9.05. The Labute approximate surface area is 203 Å². The number of aromatic nitrogens is 1. The number of amides is 2. The Morgan fingerprint density at radius 2 is 1.74 bits per heavy atom. The van der Waals surface area contributed by atoms with Gasteiger partial charge in [-0.3, -0.25) is 24.1 Å². The van der Waals surface area contributed by atoms with Crippen LogP contribution < -0.4 is 20.5 Å². The molecule has 4 rings (SSSR count). The summed E-state index contributed by atoms with van der Waals surface area (Å²) in [7, 11) is 1.60. The number of carbonyl (C=O) groups is 2. The normalized spacial score (nSPS) is 18.0. The van der Waals surface area contributed by atoms with Crippen molar-refractivity contribution in [2.75, 3.05) is 31.9 Å². The molecule has 0 saturated carbocycles. The Hall–Kier alpha value is -3.56. The zero-order valence-corrected chi connectivity index (χ0v) is 19.9. The van der Waals surface area contributed by atoms with E-state index in [0.717, 1.165) is 44.9 Å². The fraction of sp³-hybridized carbons (Fsp3) is 0.480. The maximum atomic E-state index is 13.8. The molecule has 0 spiro atoms. The van der Waals surface area contributed by atoms with Crippen LogP contribution in [0.5, 0.6) is 11.5 Å². The molecule has 2 aromatic rings. The first-order valence-electron chi connectivity index (χ1n) is 12.1. The van der Waals surface area contributed by atoms with Gasteiger partial charge >= 0.3 is 0 Å². The summed E-state index contributed by atoms with van der Waals surface area (Å²) in [6.45, 7) is 1.31. The van der Waals surface area contributed by atoms with E-state index in [9.17, 15) is 23.9 Å². The van der Waals surface area contributed by atoms with Gasteiger partial charge in [-0.05, 0) is 18.9 Å². The topological polar surface area (TPSA) is 104 Å². The molecule has 2 bridgehead atoms. The summed E-state index contributed by atoms with van der Waals surface area (Å²) in [6, 6.07) is 4.09. The van der Waals surface area contributed by atoms with E-state index >= 15 is 0 Å². The molecule has 3 heterocycles. The molecule has 1 aromatic carbocycles. The molecule has 0 atom stereocenters. The highest BCUT2D eigenvalue weighted by atomic mass is 19.1. The number of carbonyl (C=O) groups excluding carboxylic acids is 2. The summed E-state index contributed by atoms with van der Waals surface area (Å²) in [4.78, 5) is 39.9. The minimum absolute atomic E-state index is 0.00177. The van der Waals surface area contributed by atoms with Gasteiger partial charge in [-0.2, -0.15) is 0 Å². The molecular weight excluding hydrogens is 455 g/mol. The van der Waals surface area contributed by atoms with Crippen molar-refractivity contribution in [3.63, 3.8) is 0 Å². The lowest BCUT2D eigenvalue weighted by Gasteiger charge is -2.38. The largest absolute Gasteiger partial charge is 0.502 e. The lowest BCUT2D eigenvalue weighted by Crippen LogP contribution is -2.53. The zero-order chi connectivity index (χ0) is 24.9. The summed E-state index contributed by atoms with van der Waals surface area (Å²) in [5.41, 5.74) is -0.784. The molecule has 0 saturated heterocycles. The standard InChI is InChI=1S/C25H31FN4O5/c1-28-16-29-11-7-5-3-2-4-6-8-12-35-20-13-18(26)10-9-17(20)14-27-24(33)19-15-30(29)21(25(28)34)23(32)22(19)31/h9-10,13,15,32H,2-8,11-12,14,16H2,1H3,(H,27,33). The second-order valence-electron chi connectivity index (χ2n) is 9.05. The van der Waals surface area contributed by atoms with Crippen LogP contribution in [0.15, 0.2) is 29.2 Å². The van der Waals surface area contributed by atoms with Crippen molar-refractivity contribution in [1.29, 1.82) is 0 Å². The van der Waals surface area contributed by atoms with Crippen molar-refractivity contribution in [2.45, 2.75) is 51.5 Å². The summed E-state index contributed by atoms with van der Waals surface area (Å²) in [5.74, 6) is -2.06. The van der Waals surface area contributed by atoms with Crippen molar-refractivity contribution in [2.24, 2.45) is 0 Å². The number of fused-ring (bicyclic) bond motifs is 2. The molecule has 0 fully saturated rings. The Morgan fingerprint density at radius 1 is 1.03 bits per heavy atom. The van der Waals surface area contributed by atoms with Crippen molar-refractivity contribution < 1.29 is 23.8 Å². The van der Waals surface area contributed by atoms with Gasteiger partial charge in [-0.25, -0.2) is 4.39 Å². The quantitative estimate of drug-likeness (QED) is 0.594. The lowest BCUT2D eigenvalue weighted by atomic mass is 10.1.